The number of ether oxygens (including phenoxy) is 1. The van der Waals surface area contributed by atoms with Crippen molar-refractivity contribution in [1.29, 1.82) is 0 Å². The monoisotopic (exact) mass is 412 g/mol. The molecule has 2 atom stereocenters. The van der Waals surface area contributed by atoms with Crippen molar-refractivity contribution in [3.8, 4) is 23.0 Å². The lowest BCUT2D eigenvalue weighted by molar-refractivity contribution is -0.0739. The number of hydrogen-bond donors (Lipinski definition) is 3. The fraction of sp³-hybridized carbons (Fsp3) is 0.538. The van der Waals surface area contributed by atoms with E-state index < -0.39 is 5.60 Å². The summed E-state index contributed by atoms with van der Waals surface area (Å²) in [4.78, 5) is 0. The molecule has 0 amide bonds. The first-order chi connectivity index (χ1) is 14.4. The van der Waals surface area contributed by atoms with Crippen molar-refractivity contribution >= 4 is 0 Å². The van der Waals surface area contributed by atoms with Gasteiger partial charge in [-0.1, -0.05) is 53.0 Å². The van der Waals surface area contributed by atoms with E-state index in [-0.39, 0.29) is 28.6 Å². The fourth-order valence-corrected chi connectivity index (χ4v) is 6.12. The van der Waals surface area contributed by atoms with E-state index in [1.54, 1.807) is 24.3 Å². The van der Waals surface area contributed by atoms with Crippen LogP contribution in [0.4, 0.5) is 0 Å². The van der Waals surface area contributed by atoms with Gasteiger partial charge < -0.3 is 20.1 Å². The van der Waals surface area contributed by atoms with Gasteiger partial charge in [-0.15, -0.1) is 0 Å². The third kappa shape index (κ3) is 3.51. The Morgan fingerprint density at radius 2 is 1.33 bits per heavy atom. The highest BCUT2D eigenvalue weighted by atomic mass is 16.5. The summed E-state index contributed by atoms with van der Waals surface area (Å²) in [6, 6.07) is 10.4. The number of aromatic hydroxyl groups is 3. The lowest BCUT2D eigenvalue weighted by Crippen LogP contribution is -2.55. The molecule has 2 aromatic rings. The highest BCUT2D eigenvalue weighted by Crippen LogP contribution is 2.61. The highest BCUT2D eigenvalue weighted by molar-refractivity contribution is 5.52. The predicted molar refractivity (Wildman–Crippen MR) is 120 cm³/mol. The minimum atomic E-state index is -0.730. The molecule has 4 heteroatoms. The van der Waals surface area contributed by atoms with E-state index in [1.807, 2.05) is 6.07 Å². The van der Waals surface area contributed by atoms with Crippen LogP contribution in [-0.2, 0) is 11.0 Å². The Bertz CT molecular complexity index is 869. The van der Waals surface area contributed by atoms with Gasteiger partial charge in [0, 0.05) is 34.6 Å². The lowest BCUT2D eigenvalue weighted by atomic mass is 9.55. The van der Waals surface area contributed by atoms with Gasteiger partial charge in [0.25, 0.3) is 0 Å². The van der Waals surface area contributed by atoms with E-state index in [2.05, 4.69) is 27.7 Å². The molecule has 30 heavy (non-hydrogen) atoms. The van der Waals surface area contributed by atoms with Gasteiger partial charge >= 0.3 is 0 Å². The molecule has 0 saturated carbocycles. The summed E-state index contributed by atoms with van der Waals surface area (Å²) in [5, 5.41) is 31.0. The van der Waals surface area contributed by atoms with Crippen LogP contribution in [0.5, 0.6) is 23.0 Å². The van der Waals surface area contributed by atoms with Crippen LogP contribution in [0.2, 0.25) is 0 Å². The maximum atomic E-state index is 10.9. The van der Waals surface area contributed by atoms with Gasteiger partial charge in [0.15, 0.2) is 0 Å². The van der Waals surface area contributed by atoms with E-state index in [4.69, 9.17) is 4.74 Å². The Kier molecular flexibility index (Phi) is 6.54. The zero-order valence-electron chi connectivity index (χ0n) is 18.7. The Balaban J connectivity index is 2.37. The van der Waals surface area contributed by atoms with Crippen LogP contribution in [0.25, 0.3) is 0 Å². The first-order valence-corrected chi connectivity index (χ1v) is 11.4. The van der Waals surface area contributed by atoms with Crippen molar-refractivity contribution in [2.45, 2.75) is 83.7 Å². The first-order valence-electron chi connectivity index (χ1n) is 11.4. The summed E-state index contributed by atoms with van der Waals surface area (Å²) in [6.45, 7) is 8.79. The Labute approximate surface area is 180 Å². The number of hydrogen-bond acceptors (Lipinski definition) is 4. The highest BCUT2D eigenvalue weighted by Gasteiger charge is 2.57. The van der Waals surface area contributed by atoms with Crippen LogP contribution in [0, 0.1) is 5.92 Å². The van der Waals surface area contributed by atoms with Crippen molar-refractivity contribution in [3.05, 3.63) is 47.5 Å². The van der Waals surface area contributed by atoms with Crippen molar-refractivity contribution in [2.75, 3.05) is 0 Å². The second-order valence-corrected chi connectivity index (χ2v) is 8.74. The van der Waals surface area contributed by atoms with Gasteiger partial charge in [-0.2, -0.15) is 0 Å². The summed E-state index contributed by atoms with van der Waals surface area (Å²) in [6.07, 6.45) is 6.66. The van der Waals surface area contributed by atoms with Crippen LogP contribution >= 0.6 is 0 Å². The Morgan fingerprint density at radius 1 is 0.767 bits per heavy atom. The van der Waals surface area contributed by atoms with Gasteiger partial charge in [-0.3, -0.25) is 0 Å². The van der Waals surface area contributed by atoms with Crippen LogP contribution in [0.1, 0.15) is 83.8 Å². The summed E-state index contributed by atoms with van der Waals surface area (Å²) >= 11 is 0. The standard InChI is InChI=1S/C26H36O4/c1-5-13-25(14-6-2)21-12-10-19(28)17-23(21)30-26(15-7-3,24(25)8-4)20-11-9-18(27)16-22(20)29/h9-12,16-17,24,27-29H,5-8,13-15H2,1-4H3. The van der Waals surface area contributed by atoms with E-state index in [1.165, 1.54) is 11.6 Å². The minimum Gasteiger partial charge on any atom is -0.508 e. The number of fused-ring (bicyclic) bond motifs is 1. The summed E-state index contributed by atoms with van der Waals surface area (Å²) in [7, 11) is 0. The summed E-state index contributed by atoms with van der Waals surface area (Å²) < 4.78 is 6.80. The average Bonchev–Trinajstić information content (AvgIpc) is 2.68. The van der Waals surface area contributed by atoms with E-state index in [9.17, 15) is 15.3 Å². The van der Waals surface area contributed by atoms with Gasteiger partial charge in [-0.25, -0.2) is 0 Å². The zero-order valence-corrected chi connectivity index (χ0v) is 18.7. The van der Waals surface area contributed by atoms with Crippen LogP contribution in [-0.4, -0.2) is 15.3 Å². The van der Waals surface area contributed by atoms with E-state index in [0.29, 0.717) is 5.75 Å². The second-order valence-electron chi connectivity index (χ2n) is 8.74. The third-order valence-corrected chi connectivity index (χ3v) is 6.88. The largest absolute Gasteiger partial charge is 0.508 e. The van der Waals surface area contributed by atoms with Crippen molar-refractivity contribution in [2.24, 2.45) is 5.92 Å². The first kappa shape index (κ1) is 22.3. The Hall–Kier alpha value is -2.36. The molecular weight excluding hydrogens is 376 g/mol. The van der Waals surface area contributed by atoms with Crippen LogP contribution < -0.4 is 4.74 Å². The van der Waals surface area contributed by atoms with Gasteiger partial charge in [0.05, 0.1) is 0 Å². The summed E-state index contributed by atoms with van der Waals surface area (Å²) in [5.74, 6) is 1.15. The number of phenolic OH excluding ortho intramolecular Hbond substituents is 3. The molecule has 3 N–H and O–H groups in total. The fourth-order valence-electron chi connectivity index (χ4n) is 6.12. The van der Waals surface area contributed by atoms with Gasteiger partial charge in [0.1, 0.15) is 28.6 Å². The molecular formula is C26H36O4. The number of benzene rings is 2. The molecule has 4 nitrogen and oxygen atoms in total. The van der Waals surface area contributed by atoms with Crippen molar-refractivity contribution in [3.63, 3.8) is 0 Å². The molecule has 3 rings (SSSR count). The molecule has 0 spiro atoms. The normalized spacial score (nSPS) is 22.3. The molecule has 1 aliphatic heterocycles. The molecule has 0 aliphatic carbocycles. The van der Waals surface area contributed by atoms with Crippen molar-refractivity contribution in [1.82, 2.24) is 0 Å². The predicted octanol–water partition coefficient (Wildman–Crippen LogP) is 6.76. The van der Waals surface area contributed by atoms with Gasteiger partial charge in [0.2, 0.25) is 0 Å². The van der Waals surface area contributed by atoms with E-state index in [0.717, 1.165) is 50.5 Å². The second kappa shape index (κ2) is 8.79. The molecule has 1 aliphatic rings. The molecule has 0 fully saturated rings. The topological polar surface area (TPSA) is 69.9 Å². The smallest absolute Gasteiger partial charge is 0.141 e. The maximum absolute atomic E-state index is 10.9. The maximum Gasteiger partial charge on any atom is 0.141 e. The Morgan fingerprint density at radius 3 is 1.87 bits per heavy atom. The lowest BCUT2D eigenvalue weighted by Gasteiger charge is -2.56. The van der Waals surface area contributed by atoms with Crippen LogP contribution in [0.3, 0.4) is 0 Å². The SMILES string of the molecule is CCCC1(CCC)c2ccc(O)cc2OC(CCC)(c2ccc(O)cc2O)C1CC. The molecule has 164 valence electrons. The molecule has 0 saturated heterocycles. The minimum absolute atomic E-state index is 0.0400. The molecule has 0 aromatic heterocycles. The summed E-state index contributed by atoms with van der Waals surface area (Å²) in [5.41, 5.74) is 1.05. The van der Waals surface area contributed by atoms with Crippen molar-refractivity contribution < 1.29 is 20.1 Å². The third-order valence-electron chi connectivity index (χ3n) is 6.88. The van der Waals surface area contributed by atoms with Crippen LogP contribution in [0.15, 0.2) is 36.4 Å². The molecule has 2 aromatic carbocycles. The molecule has 1 heterocycles. The molecule has 0 radical (unpaired) electrons. The van der Waals surface area contributed by atoms with E-state index >= 15 is 0 Å². The van der Waals surface area contributed by atoms with Gasteiger partial charge in [-0.05, 0) is 43.9 Å². The number of phenols is 3. The molecule has 2 unspecified atom stereocenters. The number of rotatable bonds is 8. The quantitative estimate of drug-likeness (QED) is 0.448. The average molecular weight is 413 g/mol. The molecule has 0 bridgehead atoms. The zero-order chi connectivity index (χ0) is 21.9.